The Labute approximate surface area is 149 Å². The zero-order valence-corrected chi connectivity index (χ0v) is 15.0. The van der Waals surface area contributed by atoms with Gasteiger partial charge in [-0.05, 0) is 36.8 Å². The lowest BCUT2D eigenvalue weighted by Gasteiger charge is -2.08. The first-order valence-electron chi connectivity index (χ1n) is 8.68. The average Bonchev–Trinajstić information content (AvgIpc) is 2.61. The van der Waals surface area contributed by atoms with Gasteiger partial charge in [-0.3, -0.25) is 0 Å². The standard InChI is InChI=1S/C20H25ClN2O/c1-2-3-4-5-6-10-15-24-20-14-13-18(16-19(20)21)23-22-17-11-8-7-9-12-17/h7-9,11-14,16H,2-6,10,15H2,1H3. The van der Waals surface area contributed by atoms with Crippen LogP contribution in [-0.2, 0) is 0 Å². The van der Waals surface area contributed by atoms with Crippen LogP contribution < -0.4 is 4.74 Å². The quantitative estimate of drug-likeness (QED) is 0.324. The third kappa shape index (κ3) is 6.71. The number of benzene rings is 2. The first kappa shape index (κ1) is 18.5. The highest BCUT2D eigenvalue weighted by Crippen LogP contribution is 2.30. The van der Waals surface area contributed by atoms with E-state index in [1.807, 2.05) is 42.5 Å². The first-order valence-corrected chi connectivity index (χ1v) is 9.06. The van der Waals surface area contributed by atoms with E-state index in [2.05, 4.69) is 17.2 Å². The van der Waals surface area contributed by atoms with Gasteiger partial charge in [-0.1, -0.05) is 68.8 Å². The van der Waals surface area contributed by atoms with Crippen LogP contribution in [0.5, 0.6) is 5.75 Å². The molecule has 0 bridgehead atoms. The Morgan fingerprint density at radius 1 is 0.833 bits per heavy atom. The Balaban J connectivity index is 1.78. The summed E-state index contributed by atoms with van der Waals surface area (Å²) in [6.07, 6.45) is 7.48. The lowest BCUT2D eigenvalue weighted by Crippen LogP contribution is -1.97. The number of unbranched alkanes of at least 4 members (excludes halogenated alkanes) is 5. The summed E-state index contributed by atoms with van der Waals surface area (Å²) < 4.78 is 5.76. The van der Waals surface area contributed by atoms with Gasteiger partial charge in [-0.25, -0.2) is 0 Å². The molecule has 0 aliphatic rings. The largest absolute Gasteiger partial charge is 0.492 e. The minimum Gasteiger partial charge on any atom is -0.492 e. The molecule has 0 amide bonds. The maximum atomic E-state index is 6.27. The minimum atomic E-state index is 0.575. The summed E-state index contributed by atoms with van der Waals surface area (Å²) in [6.45, 7) is 2.94. The summed E-state index contributed by atoms with van der Waals surface area (Å²) in [5, 5.41) is 8.96. The van der Waals surface area contributed by atoms with Crippen molar-refractivity contribution >= 4 is 23.0 Å². The zero-order chi connectivity index (χ0) is 17.0. The molecule has 0 heterocycles. The summed E-state index contributed by atoms with van der Waals surface area (Å²) in [7, 11) is 0. The highest BCUT2D eigenvalue weighted by Gasteiger charge is 2.03. The van der Waals surface area contributed by atoms with Gasteiger partial charge in [0.25, 0.3) is 0 Å². The molecule has 4 heteroatoms. The van der Waals surface area contributed by atoms with Gasteiger partial charge in [0.1, 0.15) is 5.75 Å². The van der Waals surface area contributed by atoms with Gasteiger partial charge in [-0.15, -0.1) is 0 Å². The van der Waals surface area contributed by atoms with Crippen molar-refractivity contribution in [3.05, 3.63) is 53.6 Å². The molecule has 0 saturated heterocycles. The number of hydrogen-bond acceptors (Lipinski definition) is 3. The molecule has 3 nitrogen and oxygen atoms in total. The smallest absolute Gasteiger partial charge is 0.138 e. The van der Waals surface area contributed by atoms with Gasteiger partial charge in [-0.2, -0.15) is 10.2 Å². The molecule has 128 valence electrons. The molecule has 2 aromatic carbocycles. The summed E-state index contributed by atoms with van der Waals surface area (Å²) in [4.78, 5) is 0. The summed E-state index contributed by atoms with van der Waals surface area (Å²) in [5.41, 5.74) is 1.53. The Kier molecular flexibility index (Phi) is 8.33. The molecule has 0 N–H and O–H groups in total. The third-order valence-electron chi connectivity index (χ3n) is 3.71. The van der Waals surface area contributed by atoms with E-state index in [0.29, 0.717) is 17.4 Å². The van der Waals surface area contributed by atoms with E-state index >= 15 is 0 Å². The Hall–Kier alpha value is -1.87. The monoisotopic (exact) mass is 344 g/mol. The van der Waals surface area contributed by atoms with E-state index in [-0.39, 0.29) is 0 Å². The van der Waals surface area contributed by atoms with Crippen LogP contribution in [0.1, 0.15) is 45.4 Å². The van der Waals surface area contributed by atoms with Crippen molar-refractivity contribution in [1.82, 2.24) is 0 Å². The lowest BCUT2D eigenvalue weighted by molar-refractivity contribution is 0.304. The number of halogens is 1. The molecule has 24 heavy (non-hydrogen) atoms. The minimum absolute atomic E-state index is 0.575. The van der Waals surface area contributed by atoms with Crippen molar-refractivity contribution in [2.75, 3.05) is 6.61 Å². The van der Waals surface area contributed by atoms with Gasteiger partial charge in [0.15, 0.2) is 0 Å². The van der Waals surface area contributed by atoms with Crippen LogP contribution in [0.2, 0.25) is 5.02 Å². The molecule has 0 fully saturated rings. The van der Waals surface area contributed by atoms with Gasteiger partial charge >= 0.3 is 0 Å². The molecular weight excluding hydrogens is 320 g/mol. The van der Waals surface area contributed by atoms with E-state index in [9.17, 15) is 0 Å². The van der Waals surface area contributed by atoms with E-state index in [1.54, 1.807) is 6.07 Å². The number of nitrogens with zero attached hydrogens (tertiary/aromatic N) is 2. The number of rotatable bonds is 10. The van der Waals surface area contributed by atoms with Crippen LogP contribution in [0.4, 0.5) is 11.4 Å². The van der Waals surface area contributed by atoms with Crippen LogP contribution >= 0.6 is 11.6 Å². The Morgan fingerprint density at radius 3 is 2.29 bits per heavy atom. The molecule has 0 radical (unpaired) electrons. The van der Waals surface area contributed by atoms with Crippen LogP contribution in [0.3, 0.4) is 0 Å². The molecule has 0 unspecified atom stereocenters. The maximum Gasteiger partial charge on any atom is 0.138 e. The molecule has 0 aliphatic heterocycles. The van der Waals surface area contributed by atoms with Gasteiger partial charge in [0.2, 0.25) is 0 Å². The van der Waals surface area contributed by atoms with Crippen molar-refractivity contribution in [2.24, 2.45) is 10.2 Å². The van der Waals surface area contributed by atoms with E-state index in [4.69, 9.17) is 16.3 Å². The topological polar surface area (TPSA) is 34.0 Å². The SMILES string of the molecule is CCCCCCCCOc1ccc(N=Nc2ccccc2)cc1Cl. The molecule has 0 aromatic heterocycles. The van der Waals surface area contributed by atoms with E-state index in [1.165, 1.54) is 32.1 Å². The molecule has 0 spiro atoms. The van der Waals surface area contributed by atoms with Crippen molar-refractivity contribution in [3.63, 3.8) is 0 Å². The summed E-state index contributed by atoms with van der Waals surface area (Å²) >= 11 is 6.27. The second-order valence-electron chi connectivity index (χ2n) is 5.77. The third-order valence-corrected chi connectivity index (χ3v) is 4.00. The second kappa shape index (κ2) is 10.8. The molecule has 0 saturated carbocycles. The zero-order valence-electron chi connectivity index (χ0n) is 14.2. The van der Waals surface area contributed by atoms with Crippen LogP contribution in [0, 0.1) is 0 Å². The molecule has 0 atom stereocenters. The predicted molar refractivity (Wildman–Crippen MR) is 101 cm³/mol. The fourth-order valence-corrected chi connectivity index (χ4v) is 2.57. The highest BCUT2D eigenvalue weighted by atomic mass is 35.5. The summed E-state index contributed by atoms with van der Waals surface area (Å²) in [6, 6.07) is 15.1. The fraction of sp³-hybridized carbons (Fsp3) is 0.400. The number of ether oxygens (including phenoxy) is 1. The van der Waals surface area contributed by atoms with Crippen LogP contribution in [-0.4, -0.2) is 6.61 Å². The summed E-state index contributed by atoms with van der Waals surface area (Å²) in [5.74, 6) is 0.712. The molecule has 2 aromatic rings. The fourth-order valence-electron chi connectivity index (χ4n) is 2.34. The molecule has 2 rings (SSSR count). The normalized spacial score (nSPS) is 11.1. The average molecular weight is 345 g/mol. The van der Waals surface area contributed by atoms with E-state index in [0.717, 1.165) is 17.8 Å². The van der Waals surface area contributed by atoms with Crippen LogP contribution in [0.25, 0.3) is 0 Å². The van der Waals surface area contributed by atoms with Gasteiger partial charge in [0.05, 0.1) is 23.0 Å². The first-order chi connectivity index (χ1) is 11.8. The van der Waals surface area contributed by atoms with Crippen molar-refractivity contribution < 1.29 is 4.74 Å². The van der Waals surface area contributed by atoms with Gasteiger partial charge < -0.3 is 4.74 Å². The maximum absolute atomic E-state index is 6.27. The Bertz CT molecular complexity index is 629. The Morgan fingerprint density at radius 2 is 1.54 bits per heavy atom. The number of azo groups is 1. The highest BCUT2D eigenvalue weighted by molar-refractivity contribution is 6.32. The molecular formula is C20H25ClN2O. The van der Waals surface area contributed by atoms with Gasteiger partial charge in [0, 0.05) is 0 Å². The van der Waals surface area contributed by atoms with Crippen molar-refractivity contribution in [2.45, 2.75) is 45.4 Å². The van der Waals surface area contributed by atoms with Crippen LogP contribution in [0.15, 0.2) is 58.8 Å². The second-order valence-corrected chi connectivity index (χ2v) is 6.17. The van der Waals surface area contributed by atoms with Crippen molar-refractivity contribution in [1.29, 1.82) is 0 Å². The van der Waals surface area contributed by atoms with Crippen molar-refractivity contribution in [3.8, 4) is 5.75 Å². The lowest BCUT2D eigenvalue weighted by atomic mass is 10.1. The molecule has 0 aliphatic carbocycles. The number of hydrogen-bond donors (Lipinski definition) is 0. The van der Waals surface area contributed by atoms with E-state index < -0.39 is 0 Å². The predicted octanol–water partition coefficient (Wildman–Crippen LogP) is 7.49.